The number of nitrogens with two attached hydrogens (primary N) is 1. The van der Waals surface area contributed by atoms with E-state index in [4.69, 9.17) is 10.5 Å². The van der Waals surface area contributed by atoms with Crippen LogP contribution in [0.5, 0.6) is 5.75 Å². The number of thioether (sulfide) groups is 1. The monoisotopic (exact) mass is 370 g/mol. The number of nitrogen functional groups attached to an aromatic ring is 1. The summed E-state index contributed by atoms with van der Waals surface area (Å²) >= 11 is 1.12. The number of aromatic nitrogens is 3. The van der Waals surface area contributed by atoms with Crippen molar-refractivity contribution < 1.29 is 17.9 Å². The van der Waals surface area contributed by atoms with Crippen molar-refractivity contribution in [2.24, 2.45) is 0 Å². The number of nitrogens with zero attached hydrogens (tertiary/aromatic N) is 3. The van der Waals surface area contributed by atoms with Crippen LogP contribution >= 0.6 is 11.8 Å². The molecule has 9 heteroatoms. The van der Waals surface area contributed by atoms with Gasteiger partial charge in [-0.15, -0.1) is 0 Å². The largest absolute Gasteiger partial charge is 0.491 e. The molecule has 134 valence electrons. The Hall–Kier alpha value is -2.03. The maximum Gasteiger partial charge on any atom is 0.433 e. The molecule has 5 nitrogen and oxygen atoms in total. The molecule has 0 aliphatic carbocycles. The molecule has 0 saturated heterocycles. The lowest BCUT2D eigenvalue weighted by Gasteiger charge is -2.15. The molecule has 1 aliphatic rings. The van der Waals surface area contributed by atoms with Gasteiger partial charge in [0.2, 0.25) is 0 Å². The second-order valence-corrected chi connectivity index (χ2v) is 7.46. The number of ether oxygens (including phenoxy) is 1. The van der Waals surface area contributed by atoms with Crippen LogP contribution in [0.25, 0.3) is 0 Å². The van der Waals surface area contributed by atoms with E-state index in [1.54, 1.807) is 6.20 Å². The zero-order chi connectivity index (χ0) is 18.2. The third-order valence-corrected chi connectivity index (χ3v) is 4.70. The van der Waals surface area contributed by atoms with E-state index in [-0.39, 0.29) is 16.4 Å². The molecule has 0 bridgehead atoms. The molecule has 0 saturated carbocycles. The van der Waals surface area contributed by atoms with Crippen LogP contribution in [0.1, 0.15) is 30.8 Å². The van der Waals surface area contributed by atoms with Crippen LogP contribution < -0.4 is 10.5 Å². The molecule has 0 spiro atoms. The van der Waals surface area contributed by atoms with Gasteiger partial charge >= 0.3 is 6.18 Å². The van der Waals surface area contributed by atoms with Gasteiger partial charge in [0.25, 0.3) is 0 Å². The first kappa shape index (κ1) is 17.8. The van der Waals surface area contributed by atoms with Crippen LogP contribution in [0.2, 0.25) is 0 Å². The first-order valence-corrected chi connectivity index (χ1v) is 8.60. The van der Waals surface area contributed by atoms with E-state index in [1.807, 2.05) is 6.07 Å². The summed E-state index contributed by atoms with van der Waals surface area (Å²) in [5, 5.41) is 0.0112. The summed E-state index contributed by atoms with van der Waals surface area (Å²) in [4.78, 5) is 11.7. The molecule has 0 atom stereocenters. The van der Waals surface area contributed by atoms with Crippen molar-refractivity contribution in [2.45, 2.75) is 37.0 Å². The number of hydrogen-bond acceptors (Lipinski definition) is 6. The highest BCUT2D eigenvalue weighted by molar-refractivity contribution is 7.99. The Labute approximate surface area is 147 Å². The summed E-state index contributed by atoms with van der Waals surface area (Å²) < 4.78 is 43.9. The first-order chi connectivity index (χ1) is 11.6. The van der Waals surface area contributed by atoms with E-state index in [0.717, 1.165) is 34.8 Å². The maximum atomic E-state index is 12.8. The molecule has 0 amide bonds. The summed E-state index contributed by atoms with van der Waals surface area (Å²) in [6.45, 7) is 4.80. The van der Waals surface area contributed by atoms with Crippen LogP contribution in [-0.4, -0.2) is 27.3 Å². The standard InChI is InChI=1S/C16H17F3N4OS/c1-15(2)8-24-11-7-21-9(5-10(11)15)3-4-25-14-22-12(16(17,18)19)6-13(20)23-14/h5-7H,3-4,8H2,1-2H3,(H2,20,22,23). The Kier molecular flexibility index (Phi) is 4.52. The van der Waals surface area contributed by atoms with E-state index < -0.39 is 11.9 Å². The van der Waals surface area contributed by atoms with Gasteiger partial charge in [0.15, 0.2) is 10.9 Å². The van der Waals surface area contributed by atoms with Gasteiger partial charge in [-0.25, -0.2) is 9.97 Å². The highest BCUT2D eigenvalue weighted by atomic mass is 32.2. The molecule has 2 N–H and O–H groups in total. The summed E-state index contributed by atoms with van der Waals surface area (Å²) in [6.07, 6.45) is -2.27. The van der Waals surface area contributed by atoms with Crippen molar-refractivity contribution in [3.8, 4) is 5.75 Å². The number of fused-ring (bicyclic) bond motifs is 1. The number of alkyl halides is 3. The van der Waals surface area contributed by atoms with Gasteiger partial charge in [-0.2, -0.15) is 13.2 Å². The topological polar surface area (TPSA) is 73.9 Å². The minimum absolute atomic E-state index is 0.0112. The molecule has 25 heavy (non-hydrogen) atoms. The predicted molar refractivity (Wildman–Crippen MR) is 88.6 cm³/mol. The molecule has 3 rings (SSSR count). The number of pyridine rings is 1. The van der Waals surface area contributed by atoms with Gasteiger partial charge in [-0.05, 0) is 12.5 Å². The Morgan fingerprint density at radius 3 is 2.76 bits per heavy atom. The van der Waals surface area contributed by atoms with Crippen molar-refractivity contribution in [1.29, 1.82) is 0 Å². The second-order valence-electron chi connectivity index (χ2n) is 6.40. The van der Waals surface area contributed by atoms with Crippen molar-refractivity contribution in [3.05, 3.63) is 35.3 Å². The number of hydrogen-bond donors (Lipinski definition) is 1. The Bertz CT molecular complexity index is 795. The van der Waals surface area contributed by atoms with E-state index in [2.05, 4.69) is 28.8 Å². The van der Waals surface area contributed by atoms with E-state index >= 15 is 0 Å². The lowest BCUT2D eigenvalue weighted by molar-refractivity contribution is -0.141. The van der Waals surface area contributed by atoms with Crippen molar-refractivity contribution in [3.63, 3.8) is 0 Å². The summed E-state index contributed by atoms with van der Waals surface area (Å²) in [5.41, 5.74) is 6.29. The maximum absolute atomic E-state index is 12.8. The van der Waals surface area contributed by atoms with Gasteiger partial charge in [0, 0.05) is 28.5 Å². The second kappa shape index (κ2) is 6.36. The van der Waals surface area contributed by atoms with Gasteiger partial charge in [0.05, 0.1) is 12.8 Å². The van der Waals surface area contributed by atoms with Gasteiger partial charge in [-0.1, -0.05) is 25.6 Å². The van der Waals surface area contributed by atoms with Crippen LogP contribution in [0, 0.1) is 0 Å². The third-order valence-electron chi connectivity index (χ3n) is 3.85. The fraction of sp³-hybridized carbons (Fsp3) is 0.438. The average molecular weight is 370 g/mol. The predicted octanol–water partition coefficient (Wildman–Crippen LogP) is 3.48. The highest BCUT2D eigenvalue weighted by Gasteiger charge is 2.34. The summed E-state index contributed by atoms with van der Waals surface area (Å²) in [7, 11) is 0. The molecule has 0 fully saturated rings. The van der Waals surface area contributed by atoms with Crippen molar-refractivity contribution >= 4 is 17.6 Å². The molecule has 0 radical (unpaired) electrons. The minimum atomic E-state index is -4.54. The average Bonchev–Trinajstić information content (AvgIpc) is 2.81. The van der Waals surface area contributed by atoms with Crippen LogP contribution in [0.3, 0.4) is 0 Å². The van der Waals surface area contributed by atoms with Gasteiger partial charge in [0.1, 0.15) is 11.6 Å². The molecular formula is C16H17F3N4OS. The van der Waals surface area contributed by atoms with Crippen LogP contribution in [0.4, 0.5) is 19.0 Å². The van der Waals surface area contributed by atoms with Crippen LogP contribution in [0.15, 0.2) is 23.5 Å². The normalized spacial score (nSPS) is 15.7. The Morgan fingerprint density at radius 1 is 1.28 bits per heavy atom. The molecule has 2 aromatic rings. The first-order valence-electron chi connectivity index (χ1n) is 7.62. The number of aryl methyl sites for hydroxylation is 1. The quantitative estimate of drug-likeness (QED) is 0.656. The molecule has 3 heterocycles. The smallest absolute Gasteiger partial charge is 0.433 e. The molecule has 0 aromatic carbocycles. The fourth-order valence-corrected chi connectivity index (χ4v) is 3.33. The van der Waals surface area contributed by atoms with Crippen molar-refractivity contribution in [1.82, 2.24) is 15.0 Å². The molecule has 2 aromatic heterocycles. The Morgan fingerprint density at radius 2 is 2.04 bits per heavy atom. The fourth-order valence-electron chi connectivity index (χ4n) is 2.50. The summed E-state index contributed by atoms with van der Waals surface area (Å²) in [5.74, 6) is 1.09. The number of anilines is 1. The molecule has 1 aliphatic heterocycles. The number of rotatable bonds is 4. The van der Waals surface area contributed by atoms with Crippen LogP contribution in [-0.2, 0) is 18.0 Å². The third kappa shape index (κ3) is 3.97. The number of halogens is 3. The molecular weight excluding hydrogens is 353 g/mol. The lowest BCUT2D eigenvalue weighted by Crippen LogP contribution is -2.18. The van der Waals surface area contributed by atoms with Crippen molar-refractivity contribution in [2.75, 3.05) is 18.1 Å². The zero-order valence-electron chi connectivity index (χ0n) is 13.7. The minimum Gasteiger partial charge on any atom is -0.491 e. The summed E-state index contributed by atoms with van der Waals surface area (Å²) in [6, 6.07) is 2.72. The Balaban J connectivity index is 1.67. The lowest BCUT2D eigenvalue weighted by atomic mass is 9.87. The highest BCUT2D eigenvalue weighted by Crippen LogP contribution is 2.38. The van der Waals surface area contributed by atoms with E-state index in [1.165, 1.54) is 0 Å². The van der Waals surface area contributed by atoms with Gasteiger partial charge < -0.3 is 10.5 Å². The van der Waals surface area contributed by atoms with E-state index in [0.29, 0.717) is 18.8 Å². The SMILES string of the molecule is CC1(C)COc2cnc(CCSc3nc(N)cc(C(F)(F)F)n3)cc21. The van der Waals surface area contributed by atoms with E-state index in [9.17, 15) is 13.2 Å². The zero-order valence-corrected chi connectivity index (χ0v) is 14.5. The molecule has 0 unspecified atom stereocenters. The van der Waals surface area contributed by atoms with Gasteiger partial charge in [-0.3, -0.25) is 4.98 Å².